The highest BCUT2D eigenvalue weighted by Gasteiger charge is 2.39. The molecule has 1 aliphatic rings. The summed E-state index contributed by atoms with van der Waals surface area (Å²) in [4.78, 5) is 38.2. The summed E-state index contributed by atoms with van der Waals surface area (Å²) in [5.74, 6) is -0.710. The first kappa shape index (κ1) is 20.3. The number of benzene rings is 3. The number of hydrogen-bond donors (Lipinski definition) is 1. The van der Waals surface area contributed by atoms with E-state index in [1.165, 1.54) is 29.2 Å². The first-order chi connectivity index (χ1) is 14.9. The molecule has 0 spiro atoms. The van der Waals surface area contributed by atoms with Gasteiger partial charge in [0, 0.05) is 29.8 Å². The molecular formula is C24H21N3O4. The van der Waals surface area contributed by atoms with Crippen LogP contribution in [-0.2, 0) is 9.59 Å². The van der Waals surface area contributed by atoms with Crippen LogP contribution in [0.3, 0.4) is 0 Å². The van der Waals surface area contributed by atoms with Crippen molar-refractivity contribution in [2.24, 2.45) is 5.92 Å². The second-order valence-electron chi connectivity index (χ2n) is 7.82. The lowest BCUT2D eigenvalue weighted by atomic mass is 10.0. The van der Waals surface area contributed by atoms with Crippen LogP contribution in [0, 0.1) is 16.0 Å². The van der Waals surface area contributed by atoms with Crippen LogP contribution in [0.1, 0.15) is 19.4 Å². The van der Waals surface area contributed by atoms with E-state index in [-0.39, 0.29) is 29.4 Å². The van der Waals surface area contributed by atoms with Crippen molar-refractivity contribution in [3.05, 3.63) is 88.1 Å². The summed E-state index contributed by atoms with van der Waals surface area (Å²) in [6.07, 6.45) is 0. The van der Waals surface area contributed by atoms with Crippen LogP contribution < -0.4 is 5.32 Å². The smallest absolute Gasteiger partial charge is 0.278 e. The van der Waals surface area contributed by atoms with Gasteiger partial charge < -0.3 is 5.32 Å². The zero-order chi connectivity index (χ0) is 22.1. The molecule has 7 heteroatoms. The van der Waals surface area contributed by atoms with Crippen molar-refractivity contribution in [1.82, 2.24) is 4.90 Å². The van der Waals surface area contributed by atoms with Crippen LogP contribution >= 0.6 is 0 Å². The minimum atomic E-state index is -0.500. The van der Waals surface area contributed by atoms with Gasteiger partial charge in [-0.25, -0.2) is 0 Å². The molecular weight excluding hydrogens is 394 g/mol. The molecule has 2 amide bonds. The third-order valence-corrected chi connectivity index (χ3v) is 5.13. The Morgan fingerprint density at radius 1 is 0.935 bits per heavy atom. The highest BCUT2D eigenvalue weighted by atomic mass is 16.6. The fraction of sp³-hybridized carbons (Fsp3) is 0.167. The second-order valence-corrected chi connectivity index (χ2v) is 7.82. The minimum absolute atomic E-state index is 0.0799. The topological polar surface area (TPSA) is 92.6 Å². The van der Waals surface area contributed by atoms with Crippen LogP contribution in [0.15, 0.2) is 72.4 Å². The Morgan fingerprint density at radius 3 is 2.29 bits per heavy atom. The van der Waals surface area contributed by atoms with Gasteiger partial charge in [0.25, 0.3) is 17.5 Å². The Labute approximate surface area is 179 Å². The summed E-state index contributed by atoms with van der Waals surface area (Å²) < 4.78 is 0. The van der Waals surface area contributed by atoms with Gasteiger partial charge in [0.15, 0.2) is 0 Å². The predicted molar refractivity (Wildman–Crippen MR) is 119 cm³/mol. The Hall–Kier alpha value is -4.00. The Morgan fingerprint density at radius 2 is 1.61 bits per heavy atom. The number of carbonyl (C=O) groups is 2. The second kappa shape index (κ2) is 8.02. The summed E-state index contributed by atoms with van der Waals surface area (Å²) in [5, 5.41) is 16.1. The van der Waals surface area contributed by atoms with Gasteiger partial charge in [-0.1, -0.05) is 50.2 Å². The normalized spacial score (nSPS) is 14.1. The number of nitrogens with zero attached hydrogens (tertiary/aromatic N) is 2. The molecule has 0 atom stereocenters. The number of hydrogen-bond acceptors (Lipinski definition) is 5. The third-order valence-electron chi connectivity index (χ3n) is 5.13. The lowest BCUT2D eigenvalue weighted by molar-refractivity contribution is -0.384. The van der Waals surface area contributed by atoms with E-state index in [0.717, 1.165) is 10.8 Å². The van der Waals surface area contributed by atoms with Crippen molar-refractivity contribution in [3.63, 3.8) is 0 Å². The van der Waals surface area contributed by atoms with E-state index < -0.39 is 16.7 Å². The van der Waals surface area contributed by atoms with Gasteiger partial charge in [0.05, 0.1) is 10.5 Å². The lowest BCUT2D eigenvalue weighted by Gasteiger charge is -2.17. The number of rotatable bonds is 6. The van der Waals surface area contributed by atoms with Gasteiger partial charge in [0.1, 0.15) is 5.70 Å². The van der Waals surface area contributed by atoms with Crippen molar-refractivity contribution >= 4 is 39.5 Å². The summed E-state index contributed by atoms with van der Waals surface area (Å²) in [6, 6.07) is 19.1. The number of nitro groups is 1. The predicted octanol–water partition coefficient (Wildman–Crippen LogP) is 4.60. The maximum atomic E-state index is 13.2. The monoisotopic (exact) mass is 415 g/mol. The average molecular weight is 415 g/mol. The fourth-order valence-corrected chi connectivity index (χ4v) is 3.71. The molecule has 0 aromatic heterocycles. The first-order valence-electron chi connectivity index (χ1n) is 9.97. The molecule has 0 saturated carbocycles. The third kappa shape index (κ3) is 3.77. The summed E-state index contributed by atoms with van der Waals surface area (Å²) >= 11 is 0. The van der Waals surface area contributed by atoms with Gasteiger partial charge in [0.2, 0.25) is 0 Å². The van der Waals surface area contributed by atoms with Gasteiger partial charge in [-0.2, -0.15) is 0 Å². The molecule has 31 heavy (non-hydrogen) atoms. The first-order valence-corrected chi connectivity index (χ1v) is 9.97. The van der Waals surface area contributed by atoms with Crippen molar-refractivity contribution in [1.29, 1.82) is 0 Å². The van der Waals surface area contributed by atoms with Crippen molar-refractivity contribution < 1.29 is 14.5 Å². The molecule has 4 rings (SSSR count). The van der Waals surface area contributed by atoms with E-state index in [1.54, 1.807) is 0 Å². The molecule has 1 heterocycles. The molecule has 7 nitrogen and oxygen atoms in total. The van der Waals surface area contributed by atoms with Crippen LogP contribution in [0.5, 0.6) is 0 Å². The molecule has 3 aromatic carbocycles. The summed E-state index contributed by atoms with van der Waals surface area (Å²) in [7, 11) is 0. The molecule has 0 bridgehead atoms. The van der Waals surface area contributed by atoms with Crippen LogP contribution in [0.4, 0.5) is 11.4 Å². The Kier molecular flexibility index (Phi) is 5.25. The highest BCUT2D eigenvalue weighted by Crippen LogP contribution is 2.33. The number of fused-ring (bicyclic) bond motifs is 1. The van der Waals surface area contributed by atoms with Crippen LogP contribution in [0.2, 0.25) is 0 Å². The Bertz CT molecular complexity index is 1220. The highest BCUT2D eigenvalue weighted by molar-refractivity contribution is 6.36. The van der Waals surface area contributed by atoms with Gasteiger partial charge in [-0.15, -0.1) is 0 Å². The van der Waals surface area contributed by atoms with E-state index in [9.17, 15) is 19.7 Å². The maximum absolute atomic E-state index is 13.2. The zero-order valence-corrected chi connectivity index (χ0v) is 17.2. The maximum Gasteiger partial charge on any atom is 0.278 e. The standard InChI is InChI=1S/C24H21N3O4/c1-15(2)14-26-23(28)21(17-10-12-18(13-11-17)27(30)31)22(24(26)29)25-20-9-5-7-16-6-3-4-8-19(16)20/h3-13,15,25H,14H2,1-2H3. The van der Waals surface area contributed by atoms with Gasteiger partial charge in [-0.3, -0.25) is 24.6 Å². The number of nitrogens with one attached hydrogen (secondary N) is 1. The van der Waals surface area contributed by atoms with Crippen LogP contribution in [-0.4, -0.2) is 28.2 Å². The molecule has 0 radical (unpaired) electrons. The van der Waals surface area contributed by atoms with E-state index in [2.05, 4.69) is 5.32 Å². The number of nitro benzene ring substituents is 1. The number of amides is 2. The number of imide groups is 1. The number of carbonyl (C=O) groups excluding carboxylic acids is 2. The molecule has 0 saturated heterocycles. The van der Waals surface area contributed by atoms with Gasteiger partial charge in [-0.05, 0) is 35.1 Å². The number of anilines is 1. The van der Waals surface area contributed by atoms with E-state index in [4.69, 9.17) is 0 Å². The van der Waals surface area contributed by atoms with Crippen molar-refractivity contribution in [3.8, 4) is 0 Å². The zero-order valence-electron chi connectivity index (χ0n) is 17.2. The van der Waals surface area contributed by atoms with E-state index in [0.29, 0.717) is 11.3 Å². The molecule has 1 N–H and O–H groups in total. The molecule has 1 aliphatic heterocycles. The molecule has 0 aliphatic carbocycles. The Balaban J connectivity index is 1.83. The lowest BCUT2D eigenvalue weighted by Crippen LogP contribution is -2.35. The van der Waals surface area contributed by atoms with Crippen molar-refractivity contribution in [2.75, 3.05) is 11.9 Å². The molecule has 156 valence electrons. The van der Waals surface area contributed by atoms with E-state index >= 15 is 0 Å². The largest absolute Gasteiger partial charge is 0.350 e. The molecule has 0 fully saturated rings. The summed E-state index contributed by atoms with van der Waals surface area (Å²) in [5.41, 5.74) is 1.48. The van der Waals surface area contributed by atoms with E-state index in [1.807, 2.05) is 56.3 Å². The van der Waals surface area contributed by atoms with Crippen molar-refractivity contribution in [2.45, 2.75) is 13.8 Å². The fourth-order valence-electron chi connectivity index (χ4n) is 3.71. The minimum Gasteiger partial charge on any atom is -0.350 e. The molecule has 0 unspecified atom stereocenters. The van der Waals surface area contributed by atoms with Crippen LogP contribution in [0.25, 0.3) is 16.3 Å². The number of non-ortho nitro benzene ring substituents is 1. The quantitative estimate of drug-likeness (QED) is 0.361. The van der Waals surface area contributed by atoms with Gasteiger partial charge >= 0.3 is 0 Å². The summed E-state index contributed by atoms with van der Waals surface area (Å²) in [6.45, 7) is 4.15. The average Bonchev–Trinajstić information content (AvgIpc) is 2.98. The SMILES string of the molecule is CC(C)CN1C(=O)C(Nc2cccc3ccccc23)=C(c2ccc([N+](=O)[O-])cc2)C1=O. The molecule has 3 aromatic rings.